The molecule has 3 aliphatic rings. The molecule has 0 aliphatic carbocycles. The zero-order valence-corrected chi connectivity index (χ0v) is 11.1. The van der Waals surface area contributed by atoms with E-state index in [9.17, 15) is 9.59 Å². The molecule has 2 amide bonds. The fraction of sp³-hybridized carbons (Fsp3) is 0.714. The molecule has 0 aromatic heterocycles. The molecule has 0 radical (unpaired) electrons. The van der Waals surface area contributed by atoms with Gasteiger partial charge in [0.2, 0.25) is 0 Å². The van der Waals surface area contributed by atoms with Crippen molar-refractivity contribution in [3.63, 3.8) is 0 Å². The smallest absolute Gasteiger partial charge is 0.256 e. The highest BCUT2D eigenvalue weighted by atomic mass is 16.2. The van der Waals surface area contributed by atoms with E-state index in [-0.39, 0.29) is 17.9 Å². The van der Waals surface area contributed by atoms with Crippen LogP contribution in [0.5, 0.6) is 0 Å². The van der Waals surface area contributed by atoms with Gasteiger partial charge in [-0.25, -0.2) is 0 Å². The van der Waals surface area contributed by atoms with E-state index in [4.69, 9.17) is 0 Å². The molecule has 4 heteroatoms. The summed E-state index contributed by atoms with van der Waals surface area (Å²) >= 11 is 0. The van der Waals surface area contributed by atoms with E-state index in [2.05, 4.69) is 11.9 Å². The molecule has 3 aliphatic heterocycles. The summed E-state index contributed by atoms with van der Waals surface area (Å²) in [5.41, 5.74) is 0.587. The second-order valence-electron chi connectivity index (χ2n) is 5.87. The Labute approximate surface area is 108 Å². The molecule has 2 unspecified atom stereocenters. The highest BCUT2D eigenvalue weighted by Crippen LogP contribution is 2.36. The van der Waals surface area contributed by atoms with Gasteiger partial charge in [0.15, 0.2) is 0 Å². The van der Waals surface area contributed by atoms with Gasteiger partial charge < -0.3 is 4.90 Å². The van der Waals surface area contributed by atoms with E-state index in [0.717, 1.165) is 12.8 Å². The SMILES string of the molecule is CC1=CC(=O)N(C2CC3CCCC(C2)N3C)C1=O. The van der Waals surface area contributed by atoms with Crippen LogP contribution in [0.25, 0.3) is 0 Å². The number of hydrogen-bond acceptors (Lipinski definition) is 3. The number of nitrogens with zero attached hydrogens (tertiary/aromatic N) is 2. The Kier molecular flexibility index (Phi) is 2.77. The summed E-state index contributed by atoms with van der Waals surface area (Å²) in [6, 6.07) is 1.21. The number of rotatable bonds is 1. The number of carbonyl (C=O) groups excluding carboxylic acids is 2. The van der Waals surface area contributed by atoms with Crippen LogP contribution >= 0.6 is 0 Å². The minimum absolute atomic E-state index is 0.0763. The van der Waals surface area contributed by atoms with Crippen LogP contribution in [0.4, 0.5) is 0 Å². The fourth-order valence-electron chi connectivity index (χ4n) is 3.75. The van der Waals surface area contributed by atoms with E-state index in [0.29, 0.717) is 17.7 Å². The van der Waals surface area contributed by atoms with Crippen LogP contribution < -0.4 is 0 Å². The number of piperidine rings is 2. The lowest BCUT2D eigenvalue weighted by Gasteiger charge is -2.48. The topological polar surface area (TPSA) is 40.6 Å². The summed E-state index contributed by atoms with van der Waals surface area (Å²) in [4.78, 5) is 27.9. The average Bonchev–Trinajstić information content (AvgIpc) is 2.53. The van der Waals surface area contributed by atoms with Crippen molar-refractivity contribution < 1.29 is 9.59 Å². The Morgan fingerprint density at radius 2 is 1.72 bits per heavy atom. The van der Waals surface area contributed by atoms with Gasteiger partial charge in [0, 0.05) is 29.8 Å². The average molecular weight is 248 g/mol. The zero-order valence-electron chi connectivity index (χ0n) is 11.1. The summed E-state index contributed by atoms with van der Waals surface area (Å²) in [6.45, 7) is 1.73. The van der Waals surface area contributed by atoms with Gasteiger partial charge in [0.25, 0.3) is 11.8 Å². The predicted octanol–water partition coefficient (Wildman–Crippen LogP) is 1.32. The summed E-state index contributed by atoms with van der Waals surface area (Å²) in [7, 11) is 2.18. The normalized spacial score (nSPS) is 37.1. The van der Waals surface area contributed by atoms with Crippen molar-refractivity contribution in [3.8, 4) is 0 Å². The van der Waals surface area contributed by atoms with Crippen molar-refractivity contribution in [2.75, 3.05) is 7.05 Å². The fourth-order valence-corrected chi connectivity index (χ4v) is 3.75. The largest absolute Gasteiger partial charge is 0.300 e. The van der Waals surface area contributed by atoms with Crippen molar-refractivity contribution >= 4 is 11.8 Å². The van der Waals surface area contributed by atoms with E-state index >= 15 is 0 Å². The number of fused-ring (bicyclic) bond motifs is 2. The van der Waals surface area contributed by atoms with Crippen molar-refractivity contribution in [2.24, 2.45) is 0 Å². The van der Waals surface area contributed by atoms with Gasteiger partial charge in [-0.2, -0.15) is 0 Å². The molecule has 4 nitrogen and oxygen atoms in total. The van der Waals surface area contributed by atoms with Gasteiger partial charge >= 0.3 is 0 Å². The van der Waals surface area contributed by atoms with Crippen LogP contribution in [-0.4, -0.2) is 46.8 Å². The Morgan fingerprint density at radius 1 is 1.11 bits per heavy atom. The Hall–Kier alpha value is -1.16. The molecule has 3 heterocycles. The second-order valence-corrected chi connectivity index (χ2v) is 5.87. The molecule has 0 spiro atoms. The van der Waals surface area contributed by atoms with Crippen molar-refractivity contribution in [1.29, 1.82) is 0 Å². The van der Waals surface area contributed by atoms with Crippen molar-refractivity contribution in [3.05, 3.63) is 11.6 Å². The third-order valence-electron chi connectivity index (χ3n) is 4.81. The maximum Gasteiger partial charge on any atom is 0.256 e. The molecule has 2 fully saturated rings. The molecular weight excluding hydrogens is 228 g/mol. The monoisotopic (exact) mass is 248 g/mol. The molecule has 2 bridgehead atoms. The summed E-state index contributed by atoms with van der Waals surface area (Å²) in [6.07, 6.45) is 7.07. The van der Waals surface area contributed by atoms with Crippen molar-refractivity contribution in [2.45, 2.75) is 57.2 Å². The minimum Gasteiger partial charge on any atom is -0.300 e. The van der Waals surface area contributed by atoms with Gasteiger partial charge in [-0.1, -0.05) is 6.42 Å². The second kappa shape index (κ2) is 4.19. The molecule has 98 valence electrons. The molecule has 0 saturated carbocycles. The predicted molar refractivity (Wildman–Crippen MR) is 67.8 cm³/mol. The third-order valence-corrected chi connectivity index (χ3v) is 4.81. The number of amides is 2. The van der Waals surface area contributed by atoms with Crippen LogP contribution in [0.2, 0.25) is 0 Å². The van der Waals surface area contributed by atoms with Gasteiger partial charge in [-0.3, -0.25) is 14.5 Å². The van der Waals surface area contributed by atoms with Crippen LogP contribution in [0, 0.1) is 0 Å². The molecule has 3 rings (SSSR count). The number of imide groups is 1. The first-order valence-corrected chi connectivity index (χ1v) is 6.85. The quantitative estimate of drug-likeness (QED) is 0.657. The van der Waals surface area contributed by atoms with Crippen LogP contribution in [0.1, 0.15) is 39.0 Å². The first-order chi connectivity index (χ1) is 8.58. The molecule has 2 saturated heterocycles. The van der Waals surface area contributed by atoms with Crippen LogP contribution in [0.15, 0.2) is 11.6 Å². The van der Waals surface area contributed by atoms with Gasteiger partial charge in [0.1, 0.15) is 0 Å². The summed E-state index contributed by atoms with van der Waals surface area (Å²) < 4.78 is 0. The maximum absolute atomic E-state index is 12.0. The Morgan fingerprint density at radius 3 is 2.22 bits per heavy atom. The van der Waals surface area contributed by atoms with Crippen LogP contribution in [0.3, 0.4) is 0 Å². The van der Waals surface area contributed by atoms with Gasteiger partial charge in [-0.15, -0.1) is 0 Å². The van der Waals surface area contributed by atoms with Gasteiger partial charge in [-0.05, 0) is 39.7 Å². The maximum atomic E-state index is 12.0. The first kappa shape index (κ1) is 11.9. The molecule has 0 aromatic carbocycles. The van der Waals surface area contributed by atoms with E-state index in [1.165, 1.54) is 30.2 Å². The number of hydrogen-bond donors (Lipinski definition) is 0. The zero-order chi connectivity index (χ0) is 12.9. The van der Waals surface area contributed by atoms with Crippen molar-refractivity contribution in [1.82, 2.24) is 9.80 Å². The van der Waals surface area contributed by atoms with Crippen LogP contribution in [-0.2, 0) is 9.59 Å². The number of carbonyl (C=O) groups is 2. The molecular formula is C14H20N2O2. The summed E-state index contributed by atoms with van der Waals surface area (Å²) in [5, 5.41) is 0. The lowest BCUT2D eigenvalue weighted by atomic mass is 9.81. The molecule has 2 atom stereocenters. The standard InChI is InChI=1S/C14H20N2O2/c1-9-6-13(17)16(14(9)18)12-7-10-4-3-5-11(8-12)15(10)2/h6,10-12H,3-5,7-8H2,1-2H3. The van der Waals surface area contributed by atoms with E-state index in [1.807, 2.05) is 0 Å². The highest BCUT2D eigenvalue weighted by Gasteiger charge is 2.42. The lowest BCUT2D eigenvalue weighted by molar-refractivity contribution is -0.142. The lowest BCUT2D eigenvalue weighted by Crippen LogP contribution is -2.56. The molecule has 0 aromatic rings. The molecule has 0 N–H and O–H groups in total. The van der Waals surface area contributed by atoms with E-state index in [1.54, 1.807) is 6.92 Å². The van der Waals surface area contributed by atoms with Gasteiger partial charge in [0.05, 0.1) is 0 Å². The Balaban J connectivity index is 1.79. The first-order valence-electron chi connectivity index (χ1n) is 6.85. The minimum atomic E-state index is -0.106. The summed E-state index contributed by atoms with van der Waals surface area (Å²) in [5.74, 6) is -0.183. The highest BCUT2D eigenvalue weighted by molar-refractivity contribution is 6.16. The van der Waals surface area contributed by atoms with E-state index < -0.39 is 0 Å². The Bertz CT molecular complexity index is 416. The molecule has 18 heavy (non-hydrogen) atoms. The third kappa shape index (κ3) is 1.70.